The van der Waals surface area contributed by atoms with Gasteiger partial charge in [0.2, 0.25) is 5.43 Å². The van der Waals surface area contributed by atoms with Gasteiger partial charge in [-0.1, -0.05) is 22.9 Å². The van der Waals surface area contributed by atoms with Crippen LogP contribution in [0.25, 0.3) is 21.1 Å². The van der Waals surface area contributed by atoms with Crippen LogP contribution in [-0.2, 0) is 6.54 Å². The number of rotatable bonds is 3. The number of anilines is 1. The van der Waals surface area contributed by atoms with Crippen molar-refractivity contribution in [2.75, 3.05) is 5.32 Å². The van der Waals surface area contributed by atoms with E-state index in [2.05, 4.69) is 15.4 Å². The van der Waals surface area contributed by atoms with Crippen LogP contribution in [0.2, 0.25) is 5.02 Å². The minimum atomic E-state index is -0.677. The molecule has 4 rings (SSSR count). The molecule has 2 aromatic carbocycles. The molecule has 0 aliphatic heterocycles. The summed E-state index contributed by atoms with van der Waals surface area (Å²) < 4.78 is 15.5. The Balaban J connectivity index is 1.77. The summed E-state index contributed by atoms with van der Waals surface area (Å²) in [6.45, 7) is 2.33. The topological polar surface area (TPSA) is 76.9 Å². The van der Waals surface area contributed by atoms with Crippen LogP contribution < -0.4 is 10.7 Å². The number of halogens is 2. The van der Waals surface area contributed by atoms with Crippen molar-refractivity contribution in [3.8, 4) is 0 Å². The number of aryl methyl sites for hydroxylation is 1. The molecule has 0 spiro atoms. The van der Waals surface area contributed by atoms with Gasteiger partial charge in [0.1, 0.15) is 5.82 Å². The van der Waals surface area contributed by atoms with E-state index in [4.69, 9.17) is 11.6 Å². The molecule has 0 aliphatic rings. The standard InChI is InChI=1S/C18H12ClFN4O2S/c1-2-24-13-6-3-9(19)7-11(13)16(25)15(23-24)17(26)22-18-21-12-5-4-10(20)8-14(12)27-18/h3-8H,2H2,1H3,(H,21,22,26). The molecule has 0 saturated carbocycles. The summed E-state index contributed by atoms with van der Waals surface area (Å²) in [6, 6.07) is 9.03. The van der Waals surface area contributed by atoms with E-state index in [9.17, 15) is 14.0 Å². The number of nitrogens with one attached hydrogen (secondary N) is 1. The van der Waals surface area contributed by atoms with Crippen molar-refractivity contribution in [1.29, 1.82) is 0 Å². The second-order valence-electron chi connectivity index (χ2n) is 5.74. The Labute approximate surface area is 161 Å². The van der Waals surface area contributed by atoms with Gasteiger partial charge in [-0.15, -0.1) is 0 Å². The lowest BCUT2D eigenvalue weighted by Crippen LogP contribution is -2.27. The predicted octanol–water partition coefficient (Wildman–Crippen LogP) is 4.07. The van der Waals surface area contributed by atoms with Crippen LogP contribution in [-0.4, -0.2) is 20.7 Å². The number of fused-ring (bicyclic) bond motifs is 2. The van der Waals surface area contributed by atoms with Crippen molar-refractivity contribution in [2.45, 2.75) is 13.5 Å². The summed E-state index contributed by atoms with van der Waals surface area (Å²) >= 11 is 7.11. The molecular weight excluding hydrogens is 391 g/mol. The lowest BCUT2D eigenvalue weighted by atomic mass is 10.2. The maximum absolute atomic E-state index is 13.3. The Morgan fingerprint density at radius 3 is 2.89 bits per heavy atom. The third kappa shape index (κ3) is 3.17. The second kappa shape index (κ2) is 6.71. The number of carbonyl (C=O) groups is 1. The Bertz CT molecular complexity index is 1270. The Morgan fingerprint density at radius 2 is 2.11 bits per heavy atom. The highest BCUT2D eigenvalue weighted by molar-refractivity contribution is 7.22. The number of aromatic nitrogens is 3. The first-order chi connectivity index (χ1) is 13.0. The molecule has 2 heterocycles. The van der Waals surface area contributed by atoms with Crippen LogP contribution in [0.3, 0.4) is 0 Å². The minimum Gasteiger partial charge on any atom is -0.296 e. The summed E-state index contributed by atoms with van der Waals surface area (Å²) in [5.41, 5.74) is 0.388. The molecule has 27 heavy (non-hydrogen) atoms. The van der Waals surface area contributed by atoms with Gasteiger partial charge < -0.3 is 0 Å². The molecule has 1 amide bonds. The van der Waals surface area contributed by atoms with Gasteiger partial charge in [0.05, 0.1) is 21.1 Å². The van der Waals surface area contributed by atoms with Crippen molar-refractivity contribution in [3.05, 3.63) is 63.2 Å². The average molecular weight is 403 g/mol. The van der Waals surface area contributed by atoms with Crippen molar-refractivity contribution < 1.29 is 9.18 Å². The maximum Gasteiger partial charge on any atom is 0.281 e. The van der Waals surface area contributed by atoms with Gasteiger partial charge in [-0.2, -0.15) is 5.10 Å². The quantitative estimate of drug-likeness (QED) is 0.560. The fraction of sp³-hybridized carbons (Fsp3) is 0.111. The van der Waals surface area contributed by atoms with E-state index in [1.165, 1.54) is 24.3 Å². The van der Waals surface area contributed by atoms with Crippen LogP contribution in [0.4, 0.5) is 9.52 Å². The van der Waals surface area contributed by atoms with E-state index >= 15 is 0 Å². The monoisotopic (exact) mass is 402 g/mol. The largest absolute Gasteiger partial charge is 0.296 e. The predicted molar refractivity (Wildman–Crippen MR) is 104 cm³/mol. The Kier molecular flexibility index (Phi) is 4.37. The highest BCUT2D eigenvalue weighted by atomic mass is 35.5. The molecule has 0 saturated heterocycles. The molecule has 6 nitrogen and oxygen atoms in total. The molecule has 0 atom stereocenters. The van der Waals surface area contributed by atoms with Gasteiger partial charge in [0, 0.05) is 11.6 Å². The van der Waals surface area contributed by atoms with Crippen molar-refractivity contribution in [2.24, 2.45) is 0 Å². The number of benzene rings is 2. The zero-order chi connectivity index (χ0) is 19.1. The molecule has 0 fully saturated rings. The third-order valence-electron chi connectivity index (χ3n) is 4.00. The lowest BCUT2D eigenvalue weighted by molar-refractivity contribution is 0.101. The molecule has 1 N–H and O–H groups in total. The number of amides is 1. The van der Waals surface area contributed by atoms with Crippen LogP contribution in [0.5, 0.6) is 0 Å². The van der Waals surface area contributed by atoms with Crippen LogP contribution >= 0.6 is 22.9 Å². The molecule has 4 aromatic rings. The Hall–Kier alpha value is -2.84. The van der Waals surface area contributed by atoms with Gasteiger partial charge in [-0.25, -0.2) is 9.37 Å². The first-order valence-corrected chi connectivity index (χ1v) is 9.23. The van der Waals surface area contributed by atoms with Crippen LogP contribution in [0, 0.1) is 5.82 Å². The summed E-state index contributed by atoms with van der Waals surface area (Å²) in [7, 11) is 0. The Morgan fingerprint density at radius 1 is 1.30 bits per heavy atom. The second-order valence-corrected chi connectivity index (χ2v) is 7.21. The number of carbonyl (C=O) groups excluding carboxylic acids is 1. The summed E-state index contributed by atoms with van der Waals surface area (Å²) in [4.78, 5) is 29.6. The van der Waals surface area contributed by atoms with E-state index in [1.807, 2.05) is 6.92 Å². The maximum atomic E-state index is 13.3. The highest BCUT2D eigenvalue weighted by Gasteiger charge is 2.19. The normalized spacial score (nSPS) is 11.2. The zero-order valence-electron chi connectivity index (χ0n) is 14.0. The van der Waals surface area contributed by atoms with Crippen molar-refractivity contribution >= 4 is 55.1 Å². The first-order valence-electron chi connectivity index (χ1n) is 8.04. The molecule has 0 bridgehead atoms. The van der Waals surface area contributed by atoms with Crippen LogP contribution in [0.1, 0.15) is 17.4 Å². The van der Waals surface area contributed by atoms with Crippen LogP contribution in [0.15, 0.2) is 41.2 Å². The summed E-state index contributed by atoms with van der Waals surface area (Å²) in [5.74, 6) is -1.06. The van der Waals surface area contributed by atoms with E-state index in [-0.39, 0.29) is 16.6 Å². The molecule has 136 valence electrons. The van der Waals surface area contributed by atoms with E-state index in [0.717, 1.165) is 11.3 Å². The van der Waals surface area contributed by atoms with E-state index in [1.54, 1.807) is 16.8 Å². The van der Waals surface area contributed by atoms with Crippen molar-refractivity contribution in [3.63, 3.8) is 0 Å². The lowest BCUT2D eigenvalue weighted by Gasteiger charge is -2.10. The van der Waals surface area contributed by atoms with E-state index in [0.29, 0.717) is 32.7 Å². The summed E-state index contributed by atoms with van der Waals surface area (Å²) in [5, 5.41) is 7.73. The zero-order valence-corrected chi connectivity index (χ0v) is 15.6. The highest BCUT2D eigenvalue weighted by Crippen LogP contribution is 2.26. The van der Waals surface area contributed by atoms with E-state index < -0.39 is 11.3 Å². The fourth-order valence-corrected chi connectivity index (χ4v) is 3.82. The van der Waals surface area contributed by atoms with Gasteiger partial charge >= 0.3 is 0 Å². The molecule has 0 unspecified atom stereocenters. The molecule has 9 heteroatoms. The van der Waals surface area contributed by atoms with Gasteiger partial charge in [-0.05, 0) is 43.3 Å². The smallest absolute Gasteiger partial charge is 0.281 e. The molecule has 0 aliphatic carbocycles. The first kappa shape index (κ1) is 17.6. The molecule has 2 aromatic heterocycles. The number of thiazole rings is 1. The molecular formula is C18H12ClFN4O2S. The van der Waals surface area contributed by atoms with Crippen molar-refractivity contribution in [1.82, 2.24) is 14.8 Å². The summed E-state index contributed by atoms with van der Waals surface area (Å²) in [6.07, 6.45) is 0. The molecule has 0 radical (unpaired) electrons. The van der Waals surface area contributed by atoms with Gasteiger partial charge in [0.15, 0.2) is 10.8 Å². The SMILES string of the molecule is CCn1nc(C(=O)Nc2nc3ccc(F)cc3s2)c(=O)c2cc(Cl)ccc21. The third-order valence-corrected chi connectivity index (χ3v) is 5.17. The number of nitrogens with zero attached hydrogens (tertiary/aromatic N) is 3. The average Bonchev–Trinajstić information content (AvgIpc) is 3.03. The fourth-order valence-electron chi connectivity index (χ4n) is 2.76. The number of hydrogen-bond donors (Lipinski definition) is 1. The minimum absolute atomic E-state index is 0.253. The van der Waals surface area contributed by atoms with Gasteiger partial charge in [0.25, 0.3) is 5.91 Å². The van der Waals surface area contributed by atoms with Gasteiger partial charge in [-0.3, -0.25) is 19.6 Å². The number of hydrogen-bond acceptors (Lipinski definition) is 5.